The maximum absolute atomic E-state index is 14.1. The third kappa shape index (κ3) is 3.05. The van der Waals surface area contributed by atoms with Gasteiger partial charge < -0.3 is 15.0 Å². The number of aromatic nitrogens is 2. The number of rotatable bonds is 2. The van der Waals surface area contributed by atoms with Crippen molar-refractivity contribution in [2.45, 2.75) is 25.5 Å². The van der Waals surface area contributed by atoms with Gasteiger partial charge in [-0.05, 0) is 37.6 Å². The van der Waals surface area contributed by atoms with E-state index in [0.717, 1.165) is 18.2 Å². The SMILES string of the molecule is Cc1cc(C(=O)N2C[C@@H](O)C[C@H]2c2cc(F)ccc2F)nc(=O)[nH]1. The topological polar surface area (TPSA) is 86.3 Å². The van der Waals surface area contributed by atoms with Crippen LogP contribution in [0.5, 0.6) is 0 Å². The molecule has 0 saturated carbocycles. The Kier molecular flexibility index (Phi) is 4.15. The number of likely N-dealkylation sites (tertiary alicyclic amines) is 1. The Balaban J connectivity index is 2.00. The predicted octanol–water partition coefficient (Wildman–Crippen LogP) is 1.30. The summed E-state index contributed by atoms with van der Waals surface area (Å²) in [7, 11) is 0. The van der Waals surface area contributed by atoms with Crippen LogP contribution in [0.1, 0.15) is 34.2 Å². The van der Waals surface area contributed by atoms with Crippen molar-refractivity contribution >= 4 is 5.91 Å². The number of benzene rings is 1. The molecule has 1 aliphatic heterocycles. The van der Waals surface area contributed by atoms with E-state index >= 15 is 0 Å². The van der Waals surface area contributed by atoms with Crippen molar-refractivity contribution in [2.75, 3.05) is 6.54 Å². The highest BCUT2D eigenvalue weighted by atomic mass is 19.1. The zero-order valence-electron chi connectivity index (χ0n) is 12.8. The van der Waals surface area contributed by atoms with Gasteiger partial charge in [-0.25, -0.2) is 13.6 Å². The van der Waals surface area contributed by atoms with Crippen molar-refractivity contribution < 1.29 is 18.7 Å². The molecule has 2 heterocycles. The summed E-state index contributed by atoms with van der Waals surface area (Å²) in [5, 5.41) is 9.90. The molecule has 1 fully saturated rings. The summed E-state index contributed by atoms with van der Waals surface area (Å²) in [6.07, 6.45) is -0.793. The first-order valence-corrected chi connectivity index (χ1v) is 7.37. The highest BCUT2D eigenvalue weighted by Crippen LogP contribution is 2.34. The molecule has 1 saturated heterocycles. The Morgan fingerprint density at radius 2 is 2.12 bits per heavy atom. The van der Waals surface area contributed by atoms with E-state index in [0.29, 0.717) is 5.69 Å². The van der Waals surface area contributed by atoms with Crippen LogP contribution in [0.4, 0.5) is 8.78 Å². The number of carbonyl (C=O) groups is 1. The number of amides is 1. The van der Waals surface area contributed by atoms with E-state index in [9.17, 15) is 23.5 Å². The van der Waals surface area contributed by atoms with E-state index in [4.69, 9.17) is 0 Å². The fourth-order valence-electron chi connectivity index (χ4n) is 2.94. The second kappa shape index (κ2) is 6.12. The minimum atomic E-state index is -0.871. The van der Waals surface area contributed by atoms with Gasteiger partial charge in [0, 0.05) is 17.8 Å². The van der Waals surface area contributed by atoms with Gasteiger partial charge in [-0.3, -0.25) is 4.79 Å². The molecular weight excluding hydrogens is 320 g/mol. The molecule has 1 aromatic heterocycles. The summed E-state index contributed by atoms with van der Waals surface area (Å²) in [4.78, 5) is 31.4. The van der Waals surface area contributed by atoms with Gasteiger partial charge in [0.05, 0.1) is 12.1 Å². The first kappa shape index (κ1) is 16.3. The molecule has 8 heteroatoms. The van der Waals surface area contributed by atoms with Crippen LogP contribution < -0.4 is 5.69 Å². The molecule has 6 nitrogen and oxygen atoms in total. The van der Waals surface area contributed by atoms with Crippen LogP contribution in [0.15, 0.2) is 29.1 Å². The molecular formula is C16H15F2N3O3. The third-order valence-corrected chi connectivity index (χ3v) is 3.96. The second-order valence-corrected chi connectivity index (χ2v) is 5.78. The quantitative estimate of drug-likeness (QED) is 0.866. The summed E-state index contributed by atoms with van der Waals surface area (Å²) < 4.78 is 27.5. The molecule has 1 amide bonds. The standard InChI is InChI=1S/C16H15F2N3O3/c1-8-4-13(20-16(24)19-8)15(23)21-7-10(22)6-14(21)11-5-9(17)2-3-12(11)18/h2-5,10,14,22H,6-7H2,1H3,(H,19,20,24)/t10-,14-/m0/s1. The second-order valence-electron chi connectivity index (χ2n) is 5.78. The Bertz CT molecular complexity index is 853. The maximum Gasteiger partial charge on any atom is 0.345 e. The van der Waals surface area contributed by atoms with E-state index in [-0.39, 0.29) is 24.2 Å². The van der Waals surface area contributed by atoms with Gasteiger partial charge in [0.15, 0.2) is 0 Å². The lowest BCUT2D eigenvalue weighted by Gasteiger charge is -2.24. The molecule has 1 aliphatic rings. The minimum Gasteiger partial charge on any atom is -0.391 e. The average molecular weight is 335 g/mol. The van der Waals surface area contributed by atoms with Crippen molar-refractivity contribution in [1.29, 1.82) is 0 Å². The van der Waals surface area contributed by atoms with E-state index in [2.05, 4.69) is 9.97 Å². The molecule has 2 atom stereocenters. The highest BCUT2D eigenvalue weighted by molar-refractivity contribution is 5.92. The molecule has 2 aromatic rings. The normalized spacial score (nSPS) is 20.4. The Morgan fingerprint density at radius 3 is 2.83 bits per heavy atom. The number of β-amino-alcohol motifs (C(OH)–C–C–N with tert-alkyl or cyclic N) is 1. The van der Waals surface area contributed by atoms with Crippen LogP contribution in [-0.4, -0.2) is 38.5 Å². The van der Waals surface area contributed by atoms with E-state index in [1.165, 1.54) is 11.0 Å². The molecule has 126 valence electrons. The summed E-state index contributed by atoms with van der Waals surface area (Å²) in [5.41, 5.74) is -0.341. The number of nitrogens with one attached hydrogen (secondary N) is 1. The van der Waals surface area contributed by atoms with Crippen LogP contribution in [0.2, 0.25) is 0 Å². The molecule has 0 spiro atoms. The Hall–Kier alpha value is -2.61. The molecule has 0 radical (unpaired) electrons. The lowest BCUT2D eigenvalue weighted by atomic mass is 10.0. The van der Waals surface area contributed by atoms with Gasteiger partial charge >= 0.3 is 5.69 Å². The van der Waals surface area contributed by atoms with Crippen molar-refractivity contribution in [3.8, 4) is 0 Å². The van der Waals surface area contributed by atoms with Crippen LogP contribution in [0.25, 0.3) is 0 Å². The summed E-state index contributed by atoms with van der Waals surface area (Å²) in [6.45, 7) is 1.55. The van der Waals surface area contributed by atoms with Gasteiger partial charge in [-0.1, -0.05) is 0 Å². The summed E-state index contributed by atoms with van der Waals surface area (Å²) >= 11 is 0. The Morgan fingerprint density at radius 1 is 1.38 bits per heavy atom. The van der Waals surface area contributed by atoms with Crippen LogP contribution in [0, 0.1) is 18.6 Å². The molecule has 0 bridgehead atoms. The van der Waals surface area contributed by atoms with Gasteiger partial charge in [-0.2, -0.15) is 4.98 Å². The van der Waals surface area contributed by atoms with E-state index in [1.54, 1.807) is 6.92 Å². The molecule has 0 aliphatic carbocycles. The smallest absolute Gasteiger partial charge is 0.345 e. The molecule has 2 N–H and O–H groups in total. The number of aliphatic hydroxyl groups is 1. The molecule has 3 rings (SSSR count). The first-order valence-electron chi connectivity index (χ1n) is 7.37. The van der Waals surface area contributed by atoms with Crippen molar-refractivity contribution in [1.82, 2.24) is 14.9 Å². The lowest BCUT2D eigenvalue weighted by molar-refractivity contribution is 0.0707. The van der Waals surface area contributed by atoms with Gasteiger partial charge in [0.1, 0.15) is 17.3 Å². The van der Waals surface area contributed by atoms with Crippen molar-refractivity contribution in [3.63, 3.8) is 0 Å². The molecule has 24 heavy (non-hydrogen) atoms. The number of H-pyrrole nitrogens is 1. The fourth-order valence-corrected chi connectivity index (χ4v) is 2.94. The average Bonchev–Trinajstić information content (AvgIpc) is 2.89. The number of hydrogen-bond donors (Lipinski definition) is 2. The number of halogens is 2. The zero-order valence-corrected chi connectivity index (χ0v) is 12.8. The summed E-state index contributed by atoms with van der Waals surface area (Å²) in [6, 6.07) is 3.54. The number of nitrogens with zero attached hydrogens (tertiary/aromatic N) is 2. The number of carbonyl (C=O) groups excluding carboxylic acids is 1. The monoisotopic (exact) mass is 335 g/mol. The number of aryl methyl sites for hydroxylation is 1. The molecule has 0 unspecified atom stereocenters. The van der Waals surface area contributed by atoms with Crippen molar-refractivity contribution in [3.05, 3.63) is 63.3 Å². The zero-order chi connectivity index (χ0) is 17.4. The van der Waals surface area contributed by atoms with E-state index in [1.807, 2.05) is 0 Å². The maximum atomic E-state index is 14.1. The predicted molar refractivity (Wildman–Crippen MR) is 80.4 cm³/mol. The number of hydrogen-bond acceptors (Lipinski definition) is 4. The Labute approximate surface area is 135 Å². The highest BCUT2D eigenvalue weighted by Gasteiger charge is 2.37. The summed E-state index contributed by atoms with van der Waals surface area (Å²) in [5.74, 6) is -1.91. The van der Waals surface area contributed by atoms with E-state index < -0.39 is 35.4 Å². The van der Waals surface area contributed by atoms with Gasteiger partial charge in [0.25, 0.3) is 5.91 Å². The largest absolute Gasteiger partial charge is 0.391 e. The third-order valence-electron chi connectivity index (χ3n) is 3.96. The van der Waals surface area contributed by atoms with Crippen LogP contribution in [0.3, 0.4) is 0 Å². The molecule has 1 aromatic carbocycles. The number of aliphatic hydroxyl groups excluding tert-OH is 1. The van der Waals surface area contributed by atoms with Crippen LogP contribution in [-0.2, 0) is 0 Å². The van der Waals surface area contributed by atoms with Crippen LogP contribution >= 0.6 is 0 Å². The number of aromatic amines is 1. The fraction of sp³-hybridized carbons (Fsp3) is 0.312. The lowest BCUT2D eigenvalue weighted by Crippen LogP contribution is -2.34. The van der Waals surface area contributed by atoms with Gasteiger partial charge in [0.2, 0.25) is 0 Å². The van der Waals surface area contributed by atoms with Gasteiger partial charge in [-0.15, -0.1) is 0 Å². The minimum absolute atomic E-state index is 0.0125. The first-order chi connectivity index (χ1) is 11.3. The van der Waals surface area contributed by atoms with Crippen molar-refractivity contribution in [2.24, 2.45) is 0 Å².